The Balaban J connectivity index is 1.33. The molecule has 2 aromatic carbocycles. The van der Waals surface area contributed by atoms with Gasteiger partial charge in [0.05, 0.1) is 5.41 Å². The number of benzene rings is 2. The number of likely N-dealkylation sites (tertiary alicyclic amines) is 1. The Morgan fingerprint density at radius 1 is 1.10 bits per heavy atom. The van der Waals surface area contributed by atoms with Gasteiger partial charge in [-0.2, -0.15) is 0 Å². The summed E-state index contributed by atoms with van der Waals surface area (Å²) in [6.45, 7) is 3.90. The van der Waals surface area contributed by atoms with E-state index in [-0.39, 0.29) is 37.4 Å². The van der Waals surface area contributed by atoms with Gasteiger partial charge >= 0.3 is 12.1 Å². The number of carboxylic acid groups (broad SMARTS) is 1. The number of ether oxygens (including phenoxy) is 1. The Hall–Kier alpha value is -3.35. The predicted molar refractivity (Wildman–Crippen MR) is 115 cm³/mol. The fourth-order valence-electron chi connectivity index (χ4n) is 4.53. The number of amides is 2. The molecule has 0 bridgehead atoms. The van der Waals surface area contributed by atoms with Gasteiger partial charge in [0.15, 0.2) is 0 Å². The van der Waals surface area contributed by atoms with E-state index < -0.39 is 17.5 Å². The van der Waals surface area contributed by atoms with Crippen molar-refractivity contribution in [2.75, 3.05) is 26.2 Å². The number of carbonyl (C=O) groups is 3. The highest BCUT2D eigenvalue weighted by Crippen LogP contribution is 2.44. The van der Waals surface area contributed by atoms with Crippen LogP contribution in [0.2, 0.25) is 0 Å². The Kier molecular flexibility index (Phi) is 5.43. The van der Waals surface area contributed by atoms with Gasteiger partial charge in [0.25, 0.3) is 0 Å². The Morgan fingerprint density at radius 3 is 2.23 bits per heavy atom. The molecule has 162 valence electrons. The highest BCUT2D eigenvalue weighted by atomic mass is 16.5. The van der Waals surface area contributed by atoms with Crippen molar-refractivity contribution in [2.45, 2.75) is 19.8 Å². The number of hydrogen-bond acceptors (Lipinski definition) is 4. The number of hydrogen-bond donors (Lipinski definition) is 2. The molecule has 7 heteroatoms. The average Bonchev–Trinajstić information content (AvgIpc) is 3.26. The van der Waals surface area contributed by atoms with Gasteiger partial charge in [-0.25, -0.2) is 4.79 Å². The van der Waals surface area contributed by atoms with E-state index in [1.54, 1.807) is 6.92 Å². The third kappa shape index (κ3) is 3.76. The van der Waals surface area contributed by atoms with E-state index in [0.717, 1.165) is 22.3 Å². The number of carboxylic acids is 1. The summed E-state index contributed by atoms with van der Waals surface area (Å²) in [7, 11) is 0. The zero-order chi connectivity index (χ0) is 22.2. The zero-order valence-electron chi connectivity index (χ0n) is 17.6. The van der Waals surface area contributed by atoms with Crippen molar-refractivity contribution in [1.29, 1.82) is 0 Å². The van der Waals surface area contributed by atoms with Crippen LogP contribution in [0, 0.1) is 11.3 Å². The summed E-state index contributed by atoms with van der Waals surface area (Å²) < 4.78 is 5.44. The number of nitrogens with one attached hydrogen (secondary N) is 1. The predicted octanol–water partition coefficient (Wildman–Crippen LogP) is 3.09. The fraction of sp³-hybridized carbons (Fsp3) is 0.375. The lowest BCUT2D eigenvalue weighted by Crippen LogP contribution is -2.41. The summed E-state index contributed by atoms with van der Waals surface area (Å²) in [6, 6.07) is 16.1. The molecule has 1 aliphatic carbocycles. The Morgan fingerprint density at radius 2 is 1.68 bits per heavy atom. The fourth-order valence-corrected chi connectivity index (χ4v) is 4.53. The second kappa shape index (κ2) is 8.06. The molecule has 31 heavy (non-hydrogen) atoms. The SMILES string of the molecule is C[C@H]1CN(C(=O)CNC(=O)OCC2c3ccccc3-c3ccccc32)C[C@]1(C)C(=O)O. The third-order valence-corrected chi connectivity index (χ3v) is 6.67. The van der Waals surface area contributed by atoms with Gasteiger partial charge in [0.2, 0.25) is 5.91 Å². The molecule has 2 amide bonds. The normalized spacial score (nSPS) is 22.0. The number of fused-ring (bicyclic) bond motifs is 3. The van der Waals surface area contributed by atoms with Gasteiger partial charge in [0, 0.05) is 19.0 Å². The van der Waals surface area contributed by atoms with E-state index in [4.69, 9.17) is 4.74 Å². The number of carbonyl (C=O) groups excluding carboxylic acids is 2. The molecule has 1 saturated heterocycles. The van der Waals surface area contributed by atoms with Crippen LogP contribution in [0.1, 0.15) is 30.9 Å². The van der Waals surface area contributed by atoms with Crippen LogP contribution in [0.5, 0.6) is 0 Å². The molecule has 4 rings (SSSR count). The largest absolute Gasteiger partial charge is 0.481 e. The number of alkyl carbamates (subject to hydrolysis) is 1. The molecule has 0 unspecified atom stereocenters. The van der Waals surface area contributed by atoms with Crippen molar-refractivity contribution in [3.05, 3.63) is 59.7 Å². The lowest BCUT2D eigenvalue weighted by atomic mass is 9.81. The summed E-state index contributed by atoms with van der Waals surface area (Å²) in [5.74, 6) is -1.45. The lowest BCUT2D eigenvalue weighted by molar-refractivity contribution is -0.149. The van der Waals surface area contributed by atoms with Crippen LogP contribution in [0.3, 0.4) is 0 Å². The Bertz CT molecular complexity index is 991. The van der Waals surface area contributed by atoms with Crippen LogP contribution in [-0.2, 0) is 14.3 Å². The standard InChI is InChI=1S/C24H26N2O5/c1-15-12-26(14-24(15,2)22(28)29)21(27)11-25-23(30)31-13-20-18-9-5-3-7-16(18)17-8-4-6-10-19(17)20/h3-10,15,20H,11-14H2,1-2H3,(H,25,30)(H,28,29)/t15-,24-/m0/s1. The van der Waals surface area contributed by atoms with Gasteiger partial charge in [-0.05, 0) is 35.1 Å². The molecule has 1 aliphatic heterocycles. The van der Waals surface area contributed by atoms with E-state index in [9.17, 15) is 19.5 Å². The summed E-state index contributed by atoms with van der Waals surface area (Å²) >= 11 is 0. The molecule has 0 spiro atoms. The van der Waals surface area contributed by atoms with Gasteiger partial charge in [-0.3, -0.25) is 9.59 Å². The first kappa shape index (κ1) is 20.9. The molecule has 2 aliphatic rings. The average molecular weight is 422 g/mol. The van der Waals surface area contributed by atoms with Crippen LogP contribution in [-0.4, -0.2) is 54.2 Å². The highest BCUT2D eigenvalue weighted by Gasteiger charge is 2.47. The number of rotatable bonds is 5. The Labute approximate surface area is 181 Å². The first-order valence-electron chi connectivity index (χ1n) is 10.4. The molecule has 0 aromatic heterocycles. The van der Waals surface area contributed by atoms with Crippen molar-refractivity contribution < 1.29 is 24.2 Å². The van der Waals surface area contributed by atoms with Crippen LogP contribution >= 0.6 is 0 Å². The van der Waals surface area contributed by atoms with Crippen LogP contribution in [0.15, 0.2) is 48.5 Å². The molecule has 2 aromatic rings. The third-order valence-electron chi connectivity index (χ3n) is 6.67. The molecule has 1 heterocycles. The molecule has 7 nitrogen and oxygen atoms in total. The van der Waals surface area contributed by atoms with Crippen molar-refractivity contribution in [3.8, 4) is 11.1 Å². The first-order chi connectivity index (χ1) is 14.8. The maximum absolute atomic E-state index is 12.5. The van der Waals surface area contributed by atoms with Gasteiger partial charge < -0.3 is 20.1 Å². The van der Waals surface area contributed by atoms with Crippen molar-refractivity contribution in [3.63, 3.8) is 0 Å². The van der Waals surface area contributed by atoms with E-state index in [0.29, 0.717) is 6.54 Å². The second-order valence-corrected chi connectivity index (χ2v) is 8.58. The van der Waals surface area contributed by atoms with Crippen molar-refractivity contribution in [1.82, 2.24) is 10.2 Å². The van der Waals surface area contributed by atoms with Crippen LogP contribution in [0.25, 0.3) is 11.1 Å². The highest BCUT2D eigenvalue weighted by molar-refractivity contribution is 5.84. The zero-order valence-corrected chi connectivity index (χ0v) is 17.6. The number of nitrogens with zero attached hydrogens (tertiary/aromatic N) is 1. The minimum atomic E-state index is -0.973. The topological polar surface area (TPSA) is 95.9 Å². The van der Waals surface area contributed by atoms with Crippen LogP contribution < -0.4 is 5.32 Å². The van der Waals surface area contributed by atoms with Gasteiger partial charge in [-0.15, -0.1) is 0 Å². The van der Waals surface area contributed by atoms with E-state index >= 15 is 0 Å². The van der Waals surface area contributed by atoms with Crippen LogP contribution in [0.4, 0.5) is 4.79 Å². The summed E-state index contributed by atoms with van der Waals surface area (Å²) in [5, 5.41) is 11.9. The molecule has 1 fully saturated rings. The van der Waals surface area contributed by atoms with Crippen molar-refractivity contribution in [2.24, 2.45) is 11.3 Å². The van der Waals surface area contributed by atoms with Gasteiger partial charge in [0.1, 0.15) is 13.2 Å². The molecule has 2 N–H and O–H groups in total. The molecular formula is C24H26N2O5. The molecular weight excluding hydrogens is 396 g/mol. The summed E-state index contributed by atoms with van der Waals surface area (Å²) in [6.07, 6.45) is -0.663. The quantitative estimate of drug-likeness (QED) is 0.772. The number of aliphatic carboxylic acids is 1. The smallest absolute Gasteiger partial charge is 0.407 e. The molecule has 2 atom stereocenters. The van der Waals surface area contributed by atoms with Gasteiger partial charge in [-0.1, -0.05) is 55.5 Å². The summed E-state index contributed by atoms with van der Waals surface area (Å²) in [4.78, 5) is 37.7. The lowest BCUT2D eigenvalue weighted by Gasteiger charge is -2.22. The summed E-state index contributed by atoms with van der Waals surface area (Å²) in [5.41, 5.74) is 3.55. The maximum atomic E-state index is 12.5. The second-order valence-electron chi connectivity index (χ2n) is 8.58. The first-order valence-corrected chi connectivity index (χ1v) is 10.4. The monoisotopic (exact) mass is 422 g/mol. The van der Waals surface area contributed by atoms with E-state index in [1.807, 2.05) is 43.3 Å². The minimum Gasteiger partial charge on any atom is -0.481 e. The minimum absolute atomic E-state index is 0.0513. The molecule has 0 radical (unpaired) electrons. The van der Waals surface area contributed by atoms with Crippen molar-refractivity contribution >= 4 is 18.0 Å². The van der Waals surface area contributed by atoms with E-state index in [2.05, 4.69) is 17.4 Å². The van der Waals surface area contributed by atoms with E-state index in [1.165, 1.54) is 4.90 Å². The molecule has 0 saturated carbocycles. The maximum Gasteiger partial charge on any atom is 0.407 e.